The van der Waals surface area contributed by atoms with Crippen molar-refractivity contribution < 1.29 is 9.53 Å². The highest BCUT2D eigenvalue weighted by atomic mass is 16.5. The lowest BCUT2D eigenvalue weighted by Crippen LogP contribution is -2.06. The van der Waals surface area contributed by atoms with Crippen molar-refractivity contribution >= 4 is 5.97 Å². The Balaban J connectivity index is 2.25. The first-order valence-electron chi connectivity index (χ1n) is 4.63. The minimum Gasteiger partial charge on any atom is -0.464 e. The molecule has 1 saturated carbocycles. The van der Waals surface area contributed by atoms with Crippen molar-refractivity contribution in [3.8, 4) is 0 Å². The lowest BCUT2D eigenvalue weighted by Gasteiger charge is -1.98. The molecule has 4 heteroatoms. The smallest absolute Gasteiger partial charge is 0.354 e. The Kier molecular flexibility index (Phi) is 2.07. The van der Waals surface area contributed by atoms with Crippen LogP contribution in [0.1, 0.15) is 28.4 Å². The number of ether oxygens (including phenoxy) is 1. The Morgan fingerprint density at radius 3 is 2.86 bits per heavy atom. The maximum absolute atomic E-state index is 11.3. The fourth-order valence-electron chi connectivity index (χ4n) is 1.70. The van der Waals surface area contributed by atoms with Crippen LogP contribution in [0.15, 0.2) is 12.3 Å². The minimum absolute atomic E-state index is 0.267. The van der Waals surface area contributed by atoms with Gasteiger partial charge in [-0.15, -0.1) is 0 Å². The molecule has 4 nitrogen and oxygen atoms in total. The third-order valence-corrected chi connectivity index (χ3v) is 2.69. The second-order valence-electron chi connectivity index (χ2n) is 3.77. The fraction of sp³-hybridized carbons (Fsp3) is 0.500. The van der Waals surface area contributed by atoms with Gasteiger partial charge in [-0.2, -0.15) is 0 Å². The summed E-state index contributed by atoms with van der Waals surface area (Å²) in [6.07, 6.45) is 2.97. The second kappa shape index (κ2) is 3.13. The summed E-state index contributed by atoms with van der Waals surface area (Å²) in [4.78, 5) is 11.3. The topological polar surface area (TPSA) is 57.2 Å². The minimum atomic E-state index is -0.298. The quantitative estimate of drug-likeness (QED) is 0.702. The summed E-state index contributed by atoms with van der Waals surface area (Å²) < 4.78 is 6.45. The number of nitrogens with zero attached hydrogens (tertiary/aromatic N) is 1. The van der Waals surface area contributed by atoms with E-state index >= 15 is 0 Å². The van der Waals surface area contributed by atoms with Crippen molar-refractivity contribution in [2.45, 2.75) is 18.4 Å². The van der Waals surface area contributed by atoms with Crippen LogP contribution < -0.4 is 5.73 Å². The number of nitrogens with two attached hydrogens (primary N) is 1. The maximum Gasteiger partial charge on any atom is 0.354 e. The zero-order valence-corrected chi connectivity index (χ0v) is 8.36. The molecule has 1 aromatic heterocycles. The molecule has 0 spiro atoms. The van der Waals surface area contributed by atoms with Crippen LogP contribution in [0, 0.1) is 0 Å². The fourth-order valence-corrected chi connectivity index (χ4v) is 1.70. The van der Waals surface area contributed by atoms with Gasteiger partial charge in [0.1, 0.15) is 5.69 Å². The molecule has 0 saturated heterocycles. The van der Waals surface area contributed by atoms with Crippen LogP contribution in [0.5, 0.6) is 0 Å². The third-order valence-electron chi connectivity index (χ3n) is 2.69. The molecule has 76 valence electrons. The summed E-state index contributed by atoms with van der Waals surface area (Å²) in [6, 6.07) is 2.13. The van der Waals surface area contributed by atoms with E-state index in [9.17, 15) is 4.79 Å². The molecule has 1 aliphatic carbocycles. The van der Waals surface area contributed by atoms with E-state index in [1.54, 1.807) is 4.57 Å². The number of hydrogen-bond acceptors (Lipinski definition) is 3. The van der Waals surface area contributed by atoms with Crippen molar-refractivity contribution in [3.63, 3.8) is 0 Å². The zero-order chi connectivity index (χ0) is 10.3. The van der Waals surface area contributed by atoms with E-state index in [1.807, 2.05) is 19.3 Å². The molecule has 2 rings (SSSR count). The number of aromatic nitrogens is 1. The molecule has 14 heavy (non-hydrogen) atoms. The summed E-state index contributed by atoms with van der Waals surface area (Å²) in [5.74, 6) is 0.132. The van der Waals surface area contributed by atoms with Gasteiger partial charge in [-0.3, -0.25) is 0 Å². The van der Waals surface area contributed by atoms with Gasteiger partial charge in [0.2, 0.25) is 0 Å². The molecular formula is C10H14N2O2. The molecule has 0 amide bonds. The molecule has 1 fully saturated rings. The van der Waals surface area contributed by atoms with Crippen molar-refractivity contribution in [1.82, 2.24) is 4.57 Å². The van der Waals surface area contributed by atoms with Crippen LogP contribution in [-0.2, 0) is 11.8 Å². The van der Waals surface area contributed by atoms with Crippen LogP contribution in [0.25, 0.3) is 0 Å². The molecule has 1 aliphatic rings. The molecule has 2 N–H and O–H groups in total. The lowest BCUT2D eigenvalue weighted by atomic mass is 10.2. The molecule has 1 aromatic rings. The van der Waals surface area contributed by atoms with Gasteiger partial charge in [-0.1, -0.05) is 0 Å². The molecule has 0 aromatic carbocycles. The number of carbonyl (C=O) groups is 1. The van der Waals surface area contributed by atoms with Crippen LogP contribution in [0.3, 0.4) is 0 Å². The Hall–Kier alpha value is -1.29. The highest BCUT2D eigenvalue weighted by Crippen LogP contribution is 2.39. The molecule has 2 atom stereocenters. The van der Waals surface area contributed by atoms with E-state index < -0.39 is 0 Å². The summed E-state index contributed by atoms with van der Waals surface area (Å²) in [6.45, 7) is 0. The molecule has 2 unspecified atom stereocenters. The van der Waals surface area contributed by atoms with Crippen molar-refractivity contribution in [2.24, 2.45) is 12.8 Å². The van der Waals surface area contributed by atoms with Gasteiger partial charge in [-0.05, 0) is 18.1 Å². The average molecular weight is 194 g/mol. The lowest BCUT2D eigenvalue weighted by molar-refractivity contribution is 0.0590. The van der Waals surface area contributed by atoms with E-state index in [-0.39, 0.29) is 12.0 Å². The Bertz CT molecular complexity index is 370. The molecule has 0 bridgehead atoms. The van der Waals surface area contributed by atoms with Gasteiger partial charge in [0.15, 0.2) is 0 Å². The predicted molar refractivity (Wildman–Crippen MR) is 52.1 cm³/mol. The zero-order valence-electron chi connectivity index (χ0n) is 8.36. The van der Waals surface area contributed by atoms with E-state index in [0.29, 0.717) is 11.6 Å². The summed E-state index contributed by atoms with van der Waals surface area (Å²) in [5.41, 5.74) is 7.47. The largest absolute Gasteiger partial charge is 0.464 e. The first-order chi connectivity index (χ1) is 6.63. The van der Waals surface area contributed by atoms with Gasteiger partial charge in [0.25, 0.3) is 0 Å². The average Bonchev–Trinajstić information content (AvgIpc) is 2.75. The number of carbonyl (C=O) groups excluding carboxylic acids is 1. The van der Waals surface area contributed by atoms with E-state index in [1.165, 1.54) is 7.11 Å². The predicted octanol–water partition coefficient (Wildman–Crippen LogP) is 0.626. The van der Waals surface area contributed by atoms with Crippen LogP contribution >= 0.6 is 0 Å². The van der Waals surface area contributed by atoms with E-state index in [4.69, 9.17) is 5.73 Å². The molecule has 0 radical (unpaired) electrons. The standard InChI is InChI=1S/C10H14N2O2/c1-12-5-6(7-4-8(7)11)3-9(12)10(13)14-2/h3,5,7-8H,4,11H2,1-2H3. The van der Waals surface area contributed by atoms with Crippen molar-refractivity contribution in [2.75, 3.05) is 7.11 Å². The van der Waals surface area contributed by atoms with E-state index in [0.717, 1.165) is 12.0 Å². The number of rotatable bonds is 2. The first kappa shape index (κ1) is 9.27. The monoisotopic (exact) mass is 194 g/mol. The number of methoxy groups -OCH3 is 1. The number of hydrogen-bond donors (Lipinski definition) is 1. The van der Waals surface area contributed by atoms with Crippen molar-refractivity contribution in [1.29, 1.82) is 0 Å². The maximum atomic E-state index is 11.3. The number of esters is 1. The summed E-state index contributed by atoms with van der Waals surface area (Å²) in [7, 11) is 3.22. The van der Waals surface area contributed by atoms with Gasteiger partial charge < -0.3 is 15.0 Å². The highest BCUT2D eigenvalue weighted by Gasteiger charge is 2.36. The molecule has 0 aliphatic heterocycles. The Morgan fingerprint density at radius 2 is 2.36 bits per heavy atom. The Labute approximate surface area is 82.6 Å². The molecular weight excluding hydrogens is 180 g/mol. The van der Waals surface area contributed by atoms with E-state index in [2.05, 4.69) is 4.74 Å². The number of aryl methyl sites for hydroxylation is 1. The molecule has 1 heterocycles. The van der Waals surface area contributed by atoms with Crippen LogP contribution in [-0.4, -0.2) is 23.7 Å². The van der Waals surface area contributed by atoms with Crippen molar-refractivity contribution in [3.05, 3.63) is 23.5 Å². The summed E-state index contributed by atoms with van der Waals surface area (Å²) >= 11 is 0. The van der Waals surface area contributed by atoms with Crippen LogP contribution in [0.2, 0.25) is 0 Å². The summed E-state index contributed by atoms with van der Waals surface area (Å²) in [5, 5.41) is 0. The highest BCUT2D eigenvalue weighted by molar-refractivity contribution is 5.88. The first-order valence-corrected chi connectivity index (χ1v) is 4.63. The van der Waals surface area contributed by atoms with Crippen LogP contribution in [0.4, 0.5) is 0 Å². The third kappa shape index (κ3) is 1.42. The van der Waals surface area contributed by atoms with Gasteiger partial charge in [0.05, 0.1) is 7.11 Å². The normalized spacial score (nSPS) is 24.8. The van der Waals surface area contributed by atoms with Gasteiger partial charge in [-0.25, -0.2) is 4.79 Å². The van der Waals surface area contributed by atoms with Gasteiger partial charge in [0, 0.05) is 25.2 Å². The SMILES string of the molecule is COC(=O)c1cc(C2CC2N)cn1C. The second-order valence-corrected chi connectivity index (χ2v) is 3.77. The Morgan fingerprint density at radius 1 is 1.71 bits per heavy atom. The van der Waals surface area contributed by atoms with Gasteiger partial charge >= 0.3 is 5.97 Å².